The Kier molecular flexibility index (Phi) is 5.97. The molecule has 0 spiro atoms. The fourth-order valence-electron chi connectivity index (χ4n) is 4.09. The Hall–Kier alpha value is -3.79. The summed E-state index contributed by atoms with van der Waals surface area (Å²) in [5.41, 5.74) is 1.49. The van der Waals surface area contributed by atoms with Gasteiger partial charge in [0.25, 0.3) is 5.56 Å². The zero-order chi connectivity index (χ0) is 23.7. The molecule has 1 saturated heterocycles. The van der Waals surface area contributed by atoms with Gasteiger partial charge in [-0.15, -0.1) is 5.10 Å². The number of benzene rings is 2. The van der Waals surface area contributed by atoms with E-state index in [1.165, 1.54) is 24.3 Å². The maximum Gasteiger partial charge on any atom is 0.321 e. The second-order valence-corrected chi connectivity index (χ2v) is 8.59. The number of amides is 2. The quantitative estimate of drug-likeness (QED) is 0.461. The average Bonchev–Trinajstić information content (AvgIpc) is 3.25. The molecular formula is C23H21ClFN7O2. The van der Waals surface area contributed by atoms with E-state index >= 15 is 0 Å². The van der Waals surface area contributed by atoms with E-state index in [2.05, 4.69) is 25.6 Å². The summed E-state index contributed by atoms with van der Waals surface area (Å²) in [6.45, 7) is 1.28. The third kappa shape index (κ3) is 4.49. The Morgan fingerprint density at radius 2 is 2.00 bits per heavy atom. The molecule has 9 nitrogen and oxygen atoms in total. The molecule has 1 aliphatic rings. The second-order valence-electron chi connectivity index (χ2n) is 8.18. The lowest BCUT2D eigenvalue weighted by Gasteiger charge is -2.32. The molecule has 0 radical (unpaired) electrons. The van der Waals surface area contributed by atoms with Gasteiger partial charge < -0.3 is 15.2 Å². The van der Waals surface area contributed by atoms with Gasteiger partial charge >= 0.3 is 6.03 Å². The summed E-state index contributed by atoms with van der Waals surface area (Å²) in [5, 5.41) is 11.5. The number of piperidine rings is 1. The number of hydrogen-bond acceptors (Lipinski definition) is 5. The highest BCUT2D eigenvalue weighted by Crippen LogP contribution is 2.25. The number of aromatic nitrogens is 5. The van der Waals surface area contributed by atoms with E-state index in [9.17, 15) is 14.0 Å². The van der Waals surface area contributed by atoms with Crippen LogP contribution in [0.25, 0.3) is 11.2 Å². The topological polar surface area (TPSA) is 109 Å². The lowest BCUT2D eigenvalue weighted by Crippen LogP contribution is -2.42. The SMILES string of the molecule is O=C(Nc1ccc(F)cc1)N1CCC[C@H](c2nc3c(nnn3Cc3ccccc3Cl)c(=O)[nH]2)C1. The van der Waals surface area contributed by atoms with Gasteiger partial charge in [-0.25, -0.2) is 18.9 Å². The van der Waals surface area contributed by atoms with Crippen LogP contribution in [0, 0.1) is 5.82 Å². The molecule has 2 aromatic carbocycles. The lowest BCUT2D eigenvalue weighted by atomic mass is 9.97. The number of hydrogen-bond donors (Lipinski definition) is 2. The van der Waals surface area contributed by atoms with Gasteiger partial charge in [-0.1, -0.05) is 35.0 Å². The summed E-state index contributed by atoms with van der Waals surface area (Å²) in [6, 6.07) is 12.7. The van der Waals surface area contributed by atoms with Crippen LogP contribution in [0.3, 0.4) is 0 Å². The monoisotopic (exact) mass is 481 g/mol. The van der Waals surface area contributed by atoms with E-state index in [1.54, 1.807) is 15.6 Å². The van der Waals surface area contributed by atoms with Crippen LogP contribution in [0.4, 0.5) is 14.9 Å². The maximum absolute atomic E-state index is 13.1. The Morgan fingerprint density at radius 1 is 1.21 bits per heavy atom. The number of carbonyl (C=O) groups is 1. The highest BCUT2D eigenvalue weighted by molar-refractivity contribution is 6.31. The largest absolute Gasteiger partial charge is 0.324 e. The van der Waals surface area contributed by atoms with Crippen molar-refractivity contribution in [2.45, 2.75) is 25.3 Å². The van der Waals surface area contributed by atoms with Crippen molar-refractivity contribution in [1.82, 2.24) is 29.9 Å². The van der Waals surface area contributed by atoms with Gasteiger partial charge in [0.15, 0.2) is 11.2 Å². The van der Waals surface area contributed by atoms with Crippen molar-refractivity contribution < 1.29 is 9.18 Å². The number of likely N-dealkylation sites (tertiary alicyclic amines) is 1. The Balaban J connectivity index is 1.37. The summed E-state index contributed by atoms with van der Waals surface area (Å²) >= 11 is 6.28. The maximum atomic E-state index is 13.1. The zero-order valence-corrected chi connectivity index (χ0v) is 18.8. The second kappa shape index (κ2) is 9.22. The minimum Gasteiger partial charge on any atom is -0.324 e. The predicted molar refractivity (Wildman–Crippen MR) is 125 cm³/mol. The standard InChI is InChI=1S/C23H21ClFN7O2/c24-18-6-2-1-4-14(18)13-32-21-19(29-30-32)22(33)28-20(27-21)15-5-3-11-31(12-15)23(34)26-17-9-7-16(25)8-10-17/h1-2,4,6-10,15H,3,5,11-13H2,(H,26,34)(H,27,28,33)/t15-/m0/s1. The minimum absolute atomic E-state index is 0.150. The summed E-state index contributed by atoms with van der Waals surface area (Å²) in [5.74, 6) is -0.0438. The van der Waals surface area contributed by atoms with Gasteiger partial charge in [0.1, 0.15) is 11.6 Å². The number of anilines is 1. The number of fused-ring (bicyclic) bond motifs is 1. The fourth-order valence-corrected chi connectivity index (χ4v) is 4.29. The van der Waals surface area contributed by atoms with Crippen molar-refractivity contribution >= 4 is 34.5 Å². The normalized spacial score (nSPS) is 16.1. The number of nitrogens with zero attached hydrogens (tertiary/aromatic N) is 5. The number of nitrogens with one attached hydrogen (secondary N) is 2. The number of aromatic amines is 1. The van der Waals surface area contributed by atoms with Crippen molar-refractivity contribution in [3.8, 4) is 0 Å². The van der Waals surface area contributed by atoms with Crippen LogP contribution < -0.4 is 10.9 Å². The fraction of sp³-hybridized carbons (Fsp3) is 0.261. The molecule has 1 fully saturated rings. The van der Waals surface area contributed by atoms with Gasteiger partial charge in [0.2, 0.25) is 0 Å². The van der Waals surface area contributed by atoms with Crippen molar-refractivity contribution in [2.75, 3.05) is 18.4 Å². The van der Waals surface area contributed by atoms with E-state index in [4.69, 9.17) is 11.6 Å². The van der Waals surface area contributed by atoms with E-state index in [0.717, 1.165) is 18.4 Å². The first-order valence-electron chi connectivity index (χ1n) is 10.9. The number of carbonyl (C=O) groups excluding carboxylic acids is 1. The van der Waals surface area contributed by atoms with Crippen LogP contribution >= 0.6 is 11.6 Å². The smallest absolute Gasteiger partial charge is 0.321 e. The number of halogens is 2. The Morgan fingerprint density at radius 3 is 2.79 bits per heavy atom. The molecule has 0 bridgehead atoms. The van der Waals surface area contributed by atoms with Crippen molar-refractivity contribution in [3.63, 3.8) is 0 Å². The summed E-state index contributed by atoms with van der Waals surface area (Å²) in [6.07, 6.45) is 1.52. The molecule has 2 amide bonds. The number of rotatable bonds is 4. The zero-order valence-electron chi connectivity index (χ0n) is 18.0. The third-order valence-electron chi connectivity index (χ3n) is 5.86. The first-order valence-corrected chi connectivity index (χ1v) is 11.2. The van der Waals surface area contributed by atoms with Crippen LogP contribution in [0.1, 0.15) is 30.1 Å². The van der Waals surface area contributed by atoms with E-state index < -0.39 is 0 Å². The van der Waals surface area contributed by atoms with Gasteiger partial charge in [-0.2, -0.15) is 0 Å². The molecule has 4 aromatic rings. The lowest BCUT2D eigenvalue weighted by molar-refractivity contribution is 0.191. The van der Waals surface area contributed by atoms with Crippen molar-refractivity contribution in [1.29, 1.82) is 0 Å². The molecule has 11 heteroatoms. The van der Waals surface area contributed by atoms with E-state index in [-0.39, 0.29) is 28.8 Å². The molecular weight excluding hydrogens is 461 g/mol. The van der Waals surface area contributed by atoms with E-state index in [0.29, 0.717) is 41.8 Å². The summed E-state index contributed by atoms with van der Waals surface area (Å²) < 4.78 is 14.7. The summed E-state index contributed by atoms with van der Waals surface area (Å²) in [7, 11) is 0. The van der Waals surface area contributed by atoms with Crippen molar-refractivity contribution in [3.05, 3.63) is 81.1 Å². The minimum atomic E-state index is -0.377. The van der Waals surface area contributed by atoms with Crippen LogP contribution in [-0.2, 0) is 6.54 Å². The van der Waals surface area contributed by atoms with Crippen LogP contribution in [0.2, 0.25) is 5.02 Å². The molecule has 3 heterocycles. The highest BCUT2D eigenvalue weighted by atomic mass is 35.5. The molecule has 1 atom stereocenters. The molecule has 5 rings (SSSR count). The number of H-pyrrole nitrogens is 1. The van der Waals surface area contributed by atoms with E-state index in [1.807, 2.05) is 18.2 Å². The van der Waals surface area contributed by atoms with Gasteiger partial charge in [0, 0.05) is 29.7 Å². The first-order chi connectivity index (χ1) is 16.5. The van der Waals surface area contributed by atoms with Crippen LogP contribution in [0.5, 0.6) is 0 Å². The molecule has 174 valence electrons. The molecule has 0 aliphatic carbocycles. The highest BCUT2D eigenvalue weighted by Gasteiger charge is 2.27. The molecule has 2 aromatic heterocycles. The molecule has 1 aliphatic heterocycles. The van der Waals surface area contributed by atoms with Gasteiger partial charge in [-0.05, 0) is 48.7 Å². The average molecular weight is 482 g/mol. The van der Waals surface area contributed by atoms with Crippen LogP contribution in [0.15, 0.2) is 53.3 Å². The van der Waals surface area contributed by atoms with Gasteiger partial charge in [0.05, 0.1) is 6.54 Å². The molecule has 0 saturated carbocycles. The number of urea groups is 1. The Labute approximate surface area is 198 Å². The molecule has 0 unspecified atom stereocenters. The van der Waals surface area contributed by atoms with Crippen molar-refractivity contribution in [2.24, 2.45) is 0 Å². The third-order valence-corrected chi connectivity index (χ3v) is 6.23. The van der Waals surface area contributed by atoms with Crippen LogP contribution in [-0.4, -0.2) is 49.0 Å². The van der Waals surface area contributed by atoms with Gasteiger partial charge in [-0.3, -0.25) is 4.79 Å². The molecule has 2 N–H and O–H groups in total. The Bertz CT molecular complexity index is 1400. The molecule has 34 heavy (non-hydrogen) atoms. The predicted octanol–water partition coefficient (Wildman–Crippen LogP) is 3.77. The first kappa shape index (κ1) is 22.0. The summed E-state index contributed by atoms with van der Waals surface area (Å²) in [4.78, 5) is 34.6.